The fraction of sp³-hybridized carbons (Fsp3) is 0.300. The van der Waals surface area contributed by atoms with Crippen LogP contribution in [0.5, 0.6) is 0 Å². The van der Waals surface area contributed by atoms with Crippen LogP contribution in [0.15, 0.2) is 102 Å². The third-order valence-corrected chi connectivity index (χ3v) is 9.69. The van der Waals surface area contributed by atoms with Gasteiger partial charge in [-0.05, 0) is 59.7 Å². The maximum Gasteiger partial charge on any atom is 0.272 e. The highest BCUT2D eigenvalue weighted by Crippen LogP contribution is 2.39. The van der Waals surface area contributed by atoms with Crippen molar-refractivity contribution < 1.29 is 18.8 Å². The second-order valence-corrected chi connectivity index (χ2v) is 13.4. The number of amides is 3. The lowest BCUT2D eigenvalue weighted by atomic mass is 9.83. The first-order valence-corrected chi connectivity index (χ1v) is 17.3. The molecule has 6 rings (SSSR count). The highest BCUT2D eigenvalue weighted by Gasteiger charge is 2.40. The van der Waals surface area contributed by atoms with Crippen molar-refractivity contribution in [3.05, 3.63) is 125 Å². The van der Waals surface area contributed by atoms with Gasteiger partial charge in [-0.2, -0.15) is 0 Å². The lowest BCUT2D eigenvalue weighted by molar-refractivity contribution is -0.135. The van der Waals surface area contributed by atoms with Gasteiger partial charge >= 0.3 is 0 Å². The number of halogens is 2. The average Bonchev–Trinajstić information content (AvgIpc) is 3.95. The quantitative estimate of drug-likeness (QED) is 0.152. The summed E-state index contributed by atoms with van der Waals surface area (Å²) in [6.07, 6.45) is 3.46. The number of aliphatic imine (C=N–C) groups is 1. The predicted octanol–water partition coefficient (Wildman–Crippen LogP) is 7.68. The third kappa shape index (κ3) is 7.92. The summed E-state index contributed by atoms with van der Waals surface area (Å²) in [6, 6.07) is 29.3. The van der Waals surface area contributed by atoms with Crippen LogP contribution in [0.4, 0.5) is 10.1 Å². The first-order chi connectivity index (χ1) is 23.7. The van der Waals surface area contributed by atoms with Crippen molar-refractivity contribution in [2.45, 2.75) is 58.2 Å². The molecule has 1 saturated carbocycles. The topological polar surface area (TPSA) is 105 Å². The summed E-state index contributed by atoms with van der Waals surface area (Å²) in [5.41, 5.74) is 11.0. The second kappa shape index (κ2) is 15.2. The second-order valence-electron chi connectivity index (χ2n) is 13.0. The summed E-state index contributed by atoms with van der Waals surface area (Å²) in [5, 5.41) is 3.00. The molecule has 49 heavy (non-hydrogen) atoms. The van der Waals surface area contributed by atoms with Gasteiger partial charge in [0.05, 0.1) is 23.0 Å². The van der Waals surface area contributed by atoms with Crippen LogP contribution in [0, 0.1) is 23.6 Å². The summed E-state index contributed by atoms with van der Waals surface area (Å²) < 4.78 is 13.9. The highest BCUT2D eigenvalue weighted by atomic mass is 35.5. The SMILES string of the molecule is CCCCC(C(N)=O)C(CC1CC1)C(=O)NC1N=C(c2ccccc2)c2ccccc2N(Cc2cccc(-c3ccc(F)c(Cl)c3)c2)C1=O. The van der Waals surface area contributed by atoms with Crippen LogP contribution in [0.2, 0.25) is 5.02 Å². The molecule has 2 aliphatic rings. The van der Waals surface area contributed by atoms with Gasteiger partial charge in [-0.25, -0.2) is 9.38 Å². The minimum absolute atomic E-state index is 0.0250. The number of anilines is 1. The molecule has 1 aliphatic heterocycles. The maximum absolute atomic E-state index is 14.6. The van der Waals surface area contributed by atoms with Gasteiger partial charge in [-0.15, -0.1) is 0 Å². The molecule has 9 heteroatoms. The molecule has 0 radical (unpaired) electrons. The maximum atomic E-state index is 14.6. The number of para-hydroxylation sites is 1. The molecule has 0 aromatic heterocycles. The number of benzene rings is 4. The Hall–Kier alpha value is -4.82. The molecule has 1 fully saturated rings. The molecule has 0 bridgehead atoms. The van der Waals surface area contributed by atoms with Gasteiger partial charge in [0.25, 0.3) is 5.91 Å². The van der Waals surface area contributed by atoms with Gasteiger partial charge < -0.3 is 16.0 Å². The Kier molecular flexibility index (Phi) is 10.5. The molecule has 3 N–H and O–H groups in total. The molecule has 3 unspecified atom stereocenters. The molecule has 0 spiro atoms. The van der Waals surface area contributed by atoms with Gasteiger partial charge in [-0.1, -0.05) is 117 Å². The van der Waals surface area contributed by atoms with E-state index in [2.05, 4.69) is 5.32 Å². The molecule has 0 saturated heterocycles. The Labute approximate surface area is 291 Å². The Balaban J connectivity index is 1.39. The number of nitrogens with zero attached hydrogens (tertiary/aromatic N) is 2. The largest absolute Gasteiger partial charge is 0.369 e. The van der Waals surface area contributed by atoms with Crippen molar-refractivity contribution in [1.82, 2.24) is 5.32 Å². The Morgan fingerprint density at radius 3 is 2.37 bits per heavy atom. The average molecular weight is 679 g/mol. The number of benzodiazepines with no additional fused rings is 1. The number of primary amides is 1. The smallest absolute Gasteiger partial charge is 0.272 e. The first kappa shape index (κ1) is 34.1. The summed E-state index contributed by atoms with van der Waals surface area (Å²) in [5.74, 6) is -2.71. The zero-order valence-electron chi connectivity index (χ0n) is 27.4. The first-order valence-electron chi connectivity index (χ1n) is 16.9. The van der Waals surface area contributed by atoms with E-state index >= 15 is 0 Å². The van der Waals surface area contributed by atoms with Crippen molar-refractivity contribution in [3.8, 4) is 11.1 Å². The minimum Gasteiger partial charge on any atom is -0.369 e. The third-order valence-electron chi connectivity index (χ3n) is 9.40. The van der Waals surface area contributed by atoms with Crippen LogP contribution >= 0.6 is 11.6 Å². The molecule has 7 nitrogen and oxygen atoms in total. The van der Waals surface area contributed by atoms with E-state index in [0.29, 0.717) is 30.2 Å². The number of hydrogen-bond donors (Lipinski definition) is 2. The highest BCUT2D eigenvalue weighted by molar-refractivity contribution is 6.31. The van der Waals surface area contributed by atoms with Crippen LogP contribution in [0.1, 0.15) is 62.1 Å². The van der Waals surface area contributed by atoms with Crippen molar-refractivity contribution in [3.63, 3.8) is 0 Å². The summed E-state index contributed by atoms with van der Waals surface area (Å²) in [6.45, 7) is 2.21. The van der Waals surface area contributed by atoms with E-state index < -0.39 is 35.6 Å². The summed E-state index contributed by atoms with van der Waals surface area (Å²) >= 11 is 6.09. The summed E-state index contributed by atoms with van der Waals surface area (Å²) in [7, 11) is 0. The van der Waals surface area contributed by atoms with Crippen molar-refractivity contribution >= 4 is 40.7 Å². The molecule has 1 heterocycles. The molecule has 4 aromatic rings. The van der Waals surface area contributed by atoms with Crippen LogP contribution < -0.4 is 16.0 Å². The monoisotopic (exact) mass is 678 g/mol. The van der Waals surface area contributed by atoms with Gasteiger partial charge in [0, 0.05) is 23.0 Å². The van der Waals surface area contributed by atoms with E-state index in [1.54, 1.807) is 17.0 Å². The van der Waals surface area contributed by atoms with E-state index in [-0.39, 0.29) is 17.5 Å². The summed E-state index contributed by atoms with van der Waals surface area (Å²) in [4.78, 5) is 48.1. The van der Waals surface area contributed by atoms with Gasteiger partial charge in [0.2, 0.25) is 18.0 Å². The van der Waals surface area contributed by atoms with Gasteiger partial charge in [-0.3, -0.25) is 14.4 Å². The van der Waals surface area contributed by atoms with E-state index in [4.69, 9.17) is 22.3 Å². The van der Waals surface area contributed by atoms with E-state index in [9.17, 15) is 18.8 Å². The van der Waals surface area contributed by atoms with E-state index in [1.807, 2.05) is 85.8 Å². The Morgan fingerprint density at radius 2 is 1.65 bits per heavy atom. The number of hydrogen-bond acceptors (Lipinski definition) is 4. The zero-order chi connectivity index (χ0) is 34.5. The van der Waals surface area contributed by atoms with Crippen LogP contribution in [0.25, 0.3) is 11.1 Å². The molecular formula is C40H40ClFN4O3. The number of carbonyl (C=O) groups excluding carboxylic acids is 3. The number of unbranched alkanes of at least 4 members (excludes halogenated alkanes) is 1. The normalized spacial score (nSPS) is 17.0. The van der Waals surface area contributed by atoms with Crippen LogP contribution in [-0.2, 0) is 20.9 Å². The number of nitrogens with one attached hydrogen (secondary N) is 1. The van der Waals surface area contributed by atoms with Gasteiger partial charge in [0.15, 0.2) is 0 Å². The van der Waals surface area contributed by atoms with Crippen molar-refractivity contribution in [2.24, 2.45) is 28.5 Å². The number of fused-ring (bicyclic) bond motifs is 1. The van der Waals surface area contributed by atoms with E-state index in [0.717, 1.165) is 53.5 Å². The molecule has 4 aromatic carbocycles. The molecule has 252 valence electrons. The van der Waals surface area contributed by atoms with Crippen molar-refractivity contribution in [1.29, 1.82) is 0 Å². The lowest BCUT2D eigenvalue weighted by Crippen LogP contribution is -2.50. The standard InChI is InChI=1S/C40H40ClFN4O3/c1-2-3-14-30(37(43)47)32(22-25-17-18-25)39(48)45-38-40(49)46(24-26-10-9-13-28(21-26)29-19-20-34(42)33(41)23-29)35-16-8-7-15-31(35)36(44-38)27-11-5-4-6-12-27/h4-13,15-16,19-21,23,25,30,32,38H,2-3,14,17-18,22,24H2,1H3,(H2,43,47)(H,45,48). The minimum atomic E-state index is -1.25. The van der Waals surface area contributed by atoms with Crippen LogP contribution in [-0.4, -0.2) is 29.6 Å². The van der Waals surface area contributed by atoms with Crippen LogP contribution in [0.3, 0.4) is 0 Å². The van der Waals surface area contributed by atoms with E-state index in [1.165, 1.54) is 6.07 Å². The number of nitrogens with two attached hydrogens (primary N) is 1. The fourth-order valence-electron chi connectivity index (χ4n) is 6.59. The number of carbonyl (C=O) groups is 3. The number of rotatable bonds is 13. The van der Waals surface area contributed by atoms with Crippen molar-refractivity contribution in [2.75, 3.05) is 4.90 Å². The zero-order valence-corrected chi connectivity index (χ0v) is 28.2. The Morgan fingerprint density at radius 1 is 0.939 bits per heavy atom. The molecular weight excluding hydrogens is 639 g/mol. The molecule has 3 amide bonds. The lowest BCUT2D eigenvalue weighted by Gasteiger charge is -2.28. The van der Waals surface area contributed by atoms with Gasteiger partial charge in [0.1, 0.15) is 5.82 Å². The molecule has 3 atom stereocenters. The predicted molar refractivity (Wildman–Crippen MR) is 192 cm³/mol. The molecule has 1 aliphatic carbocycles. The fourth-order valence-corrected chi connectivity index (χ4v) is 6.77. The Bertz CT molecular complexity index is 1880.